The van der Waals surface area contributed by atoms with E-state index in [0.29, 0.717) is 6.42 Å². The molecule has 0 aromatic heterocycles. The fourth-order valence-electron chi connectivity index (χ4n) is 0.923. The predicted molar refractivity (Wildman–Crippen MR) is 38.7 cm³/mol. The summed E-state index contributed by atoms with van der Waals surface area (Å²) in [5, 5.41) is 8.64. The van der Waals surface area contributed by atoms with Gasteiger partial charge in [0.15, 0.2) is 5.79 Å². The molecule has 0 aliphatic carbocycles. The van der Waals surface area contributed by atoms with E-state index in [1.165, 1.54) is 0 Å². The van der Waals surface area contributed by atoms with Gasteiger partial charge in [0.1, 0.15) is 0 Å². The van der Waals surface area contributed by atoms with Gasteiger partial charge in [-0.3, -0.25) is 0 Å². The van der Waals surface area contributed by atoms with Crippen LogP contribution in [0.5, 0.6) is 0 Å². The summed E-state index contributed by atoms with van der Waals surface area (Å²) in [7, 11) is 3.17. The van der Waals surface area contributed by atoms with Gasteiger partial charge in [-0.05, 0) is 6.42 Å². The molecule has 0 aromatic rings. The maximum Gasteiger partial charge on any atom is 0.169 e. The zero-order chi connectivity index (χ0) is 8.04. The molecule has 0 aliphatic heterocycles. The molecule has 10 heavy (non-hydrogen) atoms. The van der Waals surface area contributed by atoms with Gasteiger partial charge in [0.25, 0.3) is 0 Å². The lowest BCUT2D eigenvalue weighted by Gasteiger charge is -2.28. The fraction of sp³-hybridized carbons (Fsp3) is 1.00. The van der Waals surface area contributed by atoms with Crippen LogP contribution in [0.2, 0.25) is 0 Å². The third kappa shape index (κ3) is 2.25. The van der Waals surface area contributed by atoms with Crippen LogP contribution in [0.3, 0.4) is 0 Å². The van der Waals surface area contributed by atoms with Crippen LogP contribution < -0.4 is 0 Å². The molecule has 0 radical (unpaired) electrons. The van der Waals surface area contributed by atoms with Crippen molar-refractivity contribution in [1.82, 2.24) is 0 Å². The predicted octanol–water partition coefficient (Wildman–Crippen LogP) is 0.768. The molecule has 0 heterocycles. The van der Waals surface area contributed by atoms with Crippen LogP contribution in [0, 0.1) is 0 Å². The smallest absolute Gasteiger partial charge is 0.169 e. The third-order valence-electron chi connectivity index (χ3n) is 1.78. The van der Waals surface area contributed by atoms with Crippen molar-refractivity contribution in [2.75, 3.05) is 20.8 Å². The molecule has 0 unspecified atom stereocenters. The van der Waals surface area contributed by atoms with Crippen LogP contribution in [-0.2, 0) is 9.47 Å². The fourth-order valence-corrected chi connectivity index (χ4v) is 0.923. The molecule has 0 saturated carbocycles. The van der Waals surface area contributed by atoms with Crippen LogP contribution in [0.15, 0.2) is 0 Å². The SMILES string of the molecule is CCC(CCO)(OC)OC. The summed E-state index contributed by atoms with van der Waals surface area (Å²) in [4.78, 5) is 0. The number of hydrogen-bond donors (Lipinski definition) is 1. The Labute approximate surface area is 62.0 Å². The van der Waals surface area contributed by atoms with Gasteiger partial charge in [0, 0.05) is 27.2 Å². The molecular formula is C7H16O3. The van der Waals surface area contributed by atoms with E-state index in [1.54, 1.807) is 14.2 Å². The van der Waals surface area contributed by atoms with Crippen molar-refractivity contribution in [3.8, 4) is 0 Å². The van der Waals surface area contributed by atoms with E-state index < -0.39 is 5.79 Å². The second-order valence-corrected chi connectivity index (χ2v) is 2.15. The minimum absolute atomic E-state index is 0.0928. The lowest BCUT2D eigenvalue weighted by molar-refractivity contribution is -0.215. The quantitative estimate of drug-likeness (QED) is 0.585. The molecule has 62 valence electrons. The Morgan fingerprint density at radius 2 is 1.80 bits per heavy atom. The Balaban J connectivity index is 3.87. The van der Waals surface area contributed by atoms with Gasteiger partial charge in [-0.2, -0.15) is 0 Å². The maximum absolute atomic E-state index is 8.64. The van der Waals surface area contributed by atoms with Crippen molar-refractivity contribution in [1.29, 1.82) is 0 Å². The van der Waals surface area contributed by atoms with Crippen molar-refractivity contribution in [2.24, 2.45) is 0 Å². The minimum atomic E-state index is -0.575. The van der Waals surface area contributed by atoms with Gasteiger partial charge < -0.3 is 14.6 Å². The van der Waals surface area contributed by atoms with Gasteiger partial charge in [0.05, 0.1) is 0 Å². The van der Waals surface area contributed by atoms with E-state index in [9.17, 15) is 0 Å². The summed E-state index contributed by atoms with van der Waals surface area (Å²) in [6, 6.07) is 0. The zero-order valence-electron chi connectivity index (χ0n) is 6.89. The first-order valence-corrected chi connectivity index (χ1v) is 3.46. The molecule has 0 fully saturated rings. The number of ether oxygens (including phenoxy) is 2. The highest BCUT2D eigenvalue weighted by molar-refractivity contribution is 4.65. The first-order chi connectivity index (χ1) is 4.74. The van der Waals surface area contributed by atoms with E-state index in [0.717, 1.165) is 6.42 Å². The number of aliphatic hydroxyl groups is 1. The van der Waals surface area contributed by atoms with Crippen LogP contribution in [0.4, 0.5) is 0 Å². The largest absolute Gasteiger partial charge is 0.396 e. The molecule has 3 heteroatoms. The summed E-state index contributed by atoms with van der Waals surface area (Å²) in [6.07, 6.45) is 1.27. The number of aliphatic hydroxyl groups excluding tert-OH is 1. The first kappa shape index (κ1) is 9.88. The van der Waals surface area contributed by atoms with Crippen molar-refractivity contribution in [3.05, 3.63) is 0 Å². The van der Waals surface area contributed by atoms with E-state index in [4.69, 9.17) is 14.6 Å². The Hall–Kier alpha value is -0.120. The maximum atomic E-state index is 8.64. The zero-order valence-corrected chi connectivity index (χ0v) is 6.89. The normalized spacial score (nSPS) is 12.0. The van der Waals surface area contributed by atoms with Gasteiger partial charge >= 0.3 is 0 Å². The van der Waals surface area contributed by atoms with E-state index >= 15 is 0 Å². The average Bonchev–Trinajstić information content (AvgIpc) is 2.01. The number of methoxy groups -OCH3 is 2. The van der Waals surface area contributed by atoms with Crippen molar-refractivity contribution < 1.29 is 14.6 Å². The topological polar surface area (TPSA) is 38.7 Å². The minimum Gasteiger partial charge on any atom is -0.396 e. The first-order valence-electron chi connectivity index (χ1n) is 3.46. The molecule has 0 saturated heterocycles. The Morgan fingerprint density at radius 1 is 1.30 bits per heavy atom. The summed E-state index contributed by atoms with van der Waals surface area (Å²) >= 11 is 0. The van der Waals surface area contributed by atoms with Crippen molar-refractivity contribution >= 4 is 0 Å². The highest BCUT2D eigenvalue weighted by atomic mass is 16.7. The molecule has 1 N–H and O–H groups in total. The summed E-state index contributed by atoms with van der Waals surface area (Å²) in [6.45, 7) is 2.05. The average molecular weight is 148 g/mol. The summed E-state index contributed by atoms with van der Waals surface area (Å²) in [5.41, 5.74) is 0. The van der Waals surface area contributed by atoms with Crippen LogP contribution >= 0.6 is 0 Å². The molecule has 0 amide bonds. The van der Waals surface area contributed by atoms with Gasteiger partial charge in [-0.25, -0.2) is 0 Å². The van der Waals surface area contributed by atoms with Gasteiger partial charge in [-0.1, -0.05) is 6.92 Å². The lowest BCUT2D eigenvalue weighted by atomic mass is 10.1. The van der Waals surface area contributed by atoms with Crippen LogP contribution in [-0.4, -0.2) is 31.7 Å². The van der Waals surface area contributed by atoms with Gasteiger partial charge in [-0.15, -0.1) is 0 Å². The van der Waals surface area contributed by atoms with Crippen LogP contribution in [0.1, 0.15) is 19.8 Å². The third-order valence-corrected chi connectivity index (χ3v) is 1.78. The van der Waals surface area contributed by atoms with E-state index in [2.05, 4.69) is 0 Å². The Morgan fingerprint density at radius 3 is 1.90 bits per heavy atom. The number of hydrogen-bond acceptors (Lipinski definition) is 3. The molecule has 3 nitrogen and oxygen atoms in total. The van der Waals surface area contributed by atoms with Gasteiger partial charge in [0.2, 0.25) is 0 Å². The molecule has 0 aromatic carbocycles. The Kier molecular flexibility index (Phi) is 4.60. The molecule has 0 atom stereocenters. The highest BCUT2D eigenvalue weighted by Crippen LogP contribution is 2.19. The second kappa shape index (κ2) is 4.66. The molecule has 0 aliphatic rings. The summed E-state index contributed by atoms with van der Waals surface area (Å²) < 4.78 is 10.2. The monoisotopic (exact) mass is 148 g/mol. The van der Waals surface area contributed by atoms with Crippen molar-refractivity contribution in [3.63, 3.8) is 0 Å². The van der Waals surface area contributed by atoms with Crippen LogP contribution in [0.25, 0.3) is 0 Å². The summed E-state index contributed by atoms with van der Waals surface area (Å²) in [5.74, 6) is -0.575. The molecule has 0 spiro atoms. The second-order valence-electron chi connectivity index (χ2n) is 2.15. The number of rotatable bonds is 5. The molecule has 0 rings (SSSR count). The molecular weight excluding hydrogens is 132 g/mol. The highest BCUT2D eigenvalue weighted by Gasteiger charge is 2.25. The van der Waals surface area contributed by atoms with E-state index in [1.807, 2.05) is 6.92 Å². The molecule has 0 bridgehead atoms. The van der Waals surface area contributed by atoms with E-state index in [-0.39, 0.29) is 6.61 Å². The lowest BCUT2D eigenvalue weighted by Crippen LogP contribution is -2.33. The van der Waals surface area contributed by atoms with Crippen molar-refractivity contribution in [2.45, 2.75) is 25.6 Å². The Bertz CT molecular complexity index is 70.7. The standard InChI is InChI=1S/C7H16O3/c1-4-7(9-2,10-3)5-6-8/h8H,4-6H2,1-3H3.